The van der Waals surface area contributed by atoms with Crippen LogP contribution in [0.1, 0.15) is 42.5 Å². The summed E-state index contributed by atoms with van der Waals surface area (Å²) in [5.41, 5.74) is 8.59. The summed E-state index contributed by atoms with van der Waals surface area (Å²) in [4.78, 5) is 6.11. The monoisotopic (exact) mass is 320 g/mol. The van der Waals surface area contributed by atoms with E-state index < -0.39 is 0 Å². The predicted octanol–water partition coefficient (Wildman–Crippen LogP) is 5.14. The Kier molecular flexibility index (Phi) is 4.08. The van der Waals surface area contributed by atoms with Gasteiger partial charge < -0.3 is 5.73 Å². The lowest BCUT2D eigenvalue weighted by Crippen LogP contribution is -2.40. The normalized spacial score (nSPS) is 26.0. The molecular formula is C17H21ClN2S. The second-order valence-corrected chi connectivity index (χ2v) is 7.91. The second-order valence-electron chi connectivity index (χ2n) is 6.27. The van der Waals surface area contributed by atoms with E-state index in [1.807, 2.05) is 24.3 Å². The fraction of sp³-hybridized carbons (Fsp3) is 0.471. The van der Waals surface area contributed by atoms with Crippen LogP contribution in [0.15, 0.2) is 24.3 Å². The zero-order chi connectivity index (χ0) is 15.0. The molecule has 0 bridgehead atoms. The number of aryl methyl sites for hydroxylation is 1. The minimum absolute atomic E-state index is 0.230. The molecule has 2 aromatic rings. The lowest BCUT2D eigenvalue weighted by atomic mass is 9.78. The van der Waals surface area contributed by atoms with Crippen molar-refractivity contribution in [2.45, 2.75) is 45.1 Å². The molecule has 1 aliphatic carbocycles. The highest BCUT2D eigenvalue weighted by molar-refractivity contribution is 7.12. The van der Waals surface area contributed by atoms with Crippen LogP contribution in [-0.4, -0.2) is 4.98 Å². The molecular weight excluding hydrogens is 300 g/mol. The Hall–Kier alpha value is -0.900. The molecule has 2 N–H and O–H groups in total. The Morgan fingerprint density at radius 2 is 1.86 bits per heavy atom. The summed E-state index contributed by atoms with van der Waals surface area (Å²) >= 11 is 7.71. The molecule has 112 valence electrons. The van der Waals surface area contributed by atoms with Gasteiger partial charge in [-0.2, -0.15) is 0 Å². The van der Waals surface area contributed by atoms with Gasteiger partial charge in [-0.3, -0.25) is 0 Å². The first-order valence-corrected chi connectivity index (χ1v) is 8.70. The Morgan fingerprint density at radius 1 is 1.24 bits per heavy atom. The number of halogens is 1. The van der Waals surface area contributed by atoms with E-state index in [4.69, 9.17) is 22.3 Å². The number of thiazole rings is 1. The van der Waals surface area contributed by atoms with E-state index in [2.05, 4.69) is 13.8 Å². The first-order valence-electron chi connectivity index (χ1n) is 7.51. The highest BCUT2D eigenvalue weighted by Gasteiger charge is 2.35. The highest BCUT2D eigenvalue weighted by Crippen LogP contribution is 2.41. The van der Waals surface area contributed by atoms with Crippen molar-refractivity contribution in [2.24, 2.45) is 11.7 Å². The summed E-state index contributed by atoms with van der Waals surface area (Å²) < 4.78 is 0. The minimum atomic E-state index is -0.230. The molecule has 1 aromatic carbocycles. The number of benzene rings is 1. The van der Waals surface area contributed by atoms with E-state index in [1.165, 1.54) is 17.7 Å². The maximum absolute atomic E-state index is 6.65. The Morgan fingerprint density at radius 3 is 2.48 bits per heavy atom. The van der Waals surface area contributed by atoms with Crippen molar-refractivity contribution in [3.63, 3.8) is 0 Å². The standard InChI is InChI=1S/C17H21ClN2S/c1-11-7-9-17(19,10-8-11)16-20-15(12(2)21-16)13-3-5-14(18)6-4-13/h3-6,11H,7-10,19H2,1-2H3. The predicted molar refractivity (Wildman–Crippen MR) is 90.8 cm³/mol. The molecule has 4 heteroatoms. The van der Waals surface area contributed by atoms with Crippen molar-refractivity contribution >= 4 is 22.9 Å². The van der Waals surface area contributed by atoms with Gasteiger partial charge >= 0.3 is 0 Å². The second kappa shape index (κ2) is 5.71. The van der Waals surface area contributed by atoms with Crippen LogP contribution in [0.25, 0.3) is 11.3 Å². The highest BCUT2D eigenvalue weighted by atomic mass is 35.5. The van der Waals surface area contributed by atoms with Crippen LogP contribution in [0.4, 0.5) is 0 Å². The molecule has 0 aliphatic heterocycles. The Labute approximate surface area is 135 Å². The molecule has 21 heavy (non-hydrogen) atoms. The van der Waals surface area contributed by atoms with Crippen molar-refractivity contribution in [1.82, 2.24) is 4.98 Å². The Bertz CT molecular complexity index is 625. The minimum Gasteiger partial charge on any atom is -0.319 e. The van der Waals surface area contributed by atoms with Crippen molar-refractivity contribution in [3.05, 3.63) is 39.2 Å². The molecule has 0 saturated heterocycles. The van der Waals surface area contributed by atoms with Crippen LogP contribution < -0.4 is 5.73 Å². The van der Waals surface area contributed by atoms with Gasteiger partial charge in [0.2, 0.25) is 0 Å². The van der Waals surface area contributed by atoms with Crippen molar-refractivity contribution in [1.29, 1.82) is 0 Å². The van der Waals surface area contributed by atoms with E-state index in [-0.39, 0.29) is 5.54 Å². The lowest BCUT2D eigenvalue weighted by Gasteiger charge is -2.34. The maximum atomic E-state index is 6.65. The van der Waals surface area contributed by atoms with E-state index in [9.17, 15) is 0 Å². The molecule has 0 spiro atoms. The maximum Gasteiger partial charge on any atom is 0.113 e. The van der Waals surface area contributed by atoms with Crippen LogP contribution in [-0.2, 0) is 5.54 Å². The van der Waals surface area contributed by atoms with Crippen LogP contribution in [0.2, 0.25) is 5.02 Å². The van der Waals surface area contributed by atoms with Gasteiger partial charge in [-0.1, -0.05) is 30.7 Å². The van der Waals surface area contributed by atoms with Crippen LogP contribution >= 0.6 is 22.9 Å². The summed E-state index contributed by atoms with van der Waals surface area (Å²) in [5, 5.41) is 1.85. The third-order valence-corrected chi connectivity index (χ3v) is 5.95. The smallest absolute Gasteiger partial charge is 0.113 e. The molecule has 1 fully saturated rings. The topological polar surface area (TPSA) is 38.9 Å². The molecule has 3 rings (SSSR count). The largest absolute Gasteiger partial charge is 0.319 e. The molecule has 0 atom stereocenters. The summed E-state index contributed by atoms with van der Waals surface area (Å²) in [6.07, 6.45) is 4.49. The van der Waals surface area contributed by atoms with Crippen molar-refractivity contribution in [2.75, 3.05) is 0 Å². The average molecular weight is 321 g/mol. The van der Waals surface area contributed by atoms with Gasteiger partial charge in [0.05, 0.1) is 11.2 Å². The molecule has 0 amide bonds. The molecule has 1 heterocycles. The third kappa shape index (κ3) is 3.01. The van der Waals surface area contributed by atoms with Crippen molar-refractivity contribution < 1.29 is 0 Å². The van der Waals surface area contributed by atoms with Gasteiger partial charge in [0.1, 0.15) is 5.01 Å². The zero-order valence-electron chi connectivity index (χ0n) is 12.5. The third-order valence-electron chi connectivity index (χ3n) is 4.51. The fourth-order valence-electron chi connectivity index (χ4n) is 2.98. The summed E-state index contributed by atoms with van der Waals surface area (Å²) in [5.74, 6) is 0.790. The number of nitrogens with zero attached hydrogens (tertiary/aromatic N) is 1. The Balaban J connectivity index is 1.92. The van der Waals surface area contributed by atoms with Gasteiger partial charge in [-0.15, -0.1) is 11.3 Å². The number of aromatic nitrogens is 1. The summed E-state index contributed by atoms with van der Waals surface area (Å²) in [6, 6.07) is 7.88. The summed E-state index contributed by atoms with van der Waals surface area (Å²) in [6.45, 7) is 4.44. The van der Waals surface area contributed by atoms with Crippen LogP contribution in [0.3, 0.4) is 0 Å². The van der Waals surface area contributed by atoms with E-state index in [0.717, 1.165) is 40.0 Å². The van der Waals surface area contributed by atoms with E-state index in [0.29, 0.717) is 0 Å². The zero-order valence-corrected chi connectivity index (χ0v) is 14.1. The van der Waals surface area contributed by atoms with E-state index in [1.54, 1.807) is 11.3 Å². The SMILES string of the molecule is Cc1sc(C2(N)CCC(C)CC2)nc1-c1ccc(Cl)cc1. The average Bonchev–Trinajstić information content (AvgIpc) is 2.86. The molecule has 1 aromatic heterocycles. The number of hydrogen-bond donors (Lipinski definition) is 1. The molecule has 1 aliphatic rings. The number of nitrogens with two attached hydrogens (primary N) is 1. The fourth-order valence-corrected chi connectivity index (χ4v) is 4.20. The lowest BCUT2D eigenvalue weighted by molar-refractivity contribution is 0.247. The first-order chi connectivity index (χ1) is 9.98. The molecule has 1 saturated carbocycles. The van der Waals surface area contributed by atoms with Crippen molar-refractivity contribution in [3.8, 4) is 11.3 Å². The van der Waals surface area contributed by atoms with Gasteiger partial charge in [0, 0.05) is 15.5 Å². The van der Waals surface area contributed by atoms with E-state index >= 15 is 0 Å². The van der Waals surface area contributed by atoms with Crippen LogP contribution in [0, 0.1) is 12.8 Å². The molecule has 0 radical (unpaired) electrons. The van der Waals surface area contributed by atoms with Gasteiger partial charge in [0.15, 0.2) is 0 Å². The molecule has 0 unspecified atom stereocenters. The number of hydrogen-bond acceptors (Lipinski definition) is 3. The van der Waals surface area contributed by atoms with Gasteiger partial charge in [-0.05, 0) is 50.7 Å². The summed E-state index contributed by atoms with van der Waals surface area (Å²) in [7, 11) is 0. The first kappa shape index (κ1) is 15.0. The quantitative estimate of drug-likeness (QED) is 0.832. The van der Waals surface area contributed by atoms with Gasteiger partial charge in [0.25, 0.3) is 0 Å². The number of rotatable bonds is 2. The van der Waals surface area contributed by atoms with Gasteiger partial charge in [-0.25, -0.2) is 4.98 Å². The van der Waals surface area contributed by atoms with Crippen LogP contribution in [0.5, 0.6) is 0 Å². The molecule has 2 nitrogen and oxygen atoms in total.